The Morgan fingerprint density at radius 3 is 2.60 bits per heavy atom. The summed E-state index contributed by atoms with van der Waals surface area (Å²) in [5, 5.41) is 3.08. The van der Waals surface area contributed by atoms with Gasteiger partial charge in [-0.25, -0.2) is 4.98 Å². The van der Waals surface area contributed by atoms with Crippen molar-refractivity contribution in [1.29, 1.82) is 0 Å². The first kappa shape index (κ1) is 15.6. The monoisotopic (exact) mass is 332 g/mol. The number of amides is 1. The highest BCUT2D eigenvalue weighted by Crippen LogP contribution is 2.36. The molecule has 1 aliphatic rings. The molecule has 0 saturated heterocycles. The highest BCUT2D eigenvalue weighted by molar-refractivity contribution is 5.97. The van der Waals surface area contributed by atoms with Crippen molar-refractivity contribution in [3.8, 4) is 22.6 Å². The Kier molecular flexibility index (Phi) is 4.10. The predicted molar refractivity (Wildman–Crippen MR) is 98.1 cm³/mol. The number of carbonyl (C=O) groups excluding carboxylic acids is 1. The summed E-state index contributed by atoms with van der Waals surface area (Å²) < 4.78 is 5.51. The number of aryl methyl sites for hydroxylation is 1. The van der Waals surface area contributed by atoms with Gasteiger partial charge in [0, 0.05) is 5.92 Å². The molecule has 4 rings (SSSR count). The molecule has 0 aliphatic heterocycles. The normalized spacial score (nSPS) is 14.1. The van der Waals surface area contributed by atoms with Gasteiger partial charge in [-0.3, -0.25) is 4.79 Å². The number of anilines is 1. The minimum atomic E-state index is 0.0888. The van der Waals surface area contributed by atoms with E-state index in [4.69, 9.17) is 4.42 Å². The van der Waals surface area contributed by atoms with Crippen LogP contribution in [0.3, 0.4) is 0 Å². The maximum Gasteiger partial charge on any atom is 0.227 e. The van der Waals surface area contributed by atoms with Crippen molar-refractivity contribution in [2.75, 3.05) is 5.32 Å². The molecule has 1 fully saturated rings. The maximum absolute atomic E-state index is 12.4. The Morgan fingerprint density at radius 1 is 1.16 bits per heavy atom. The number of rotatable bonds is 4. The molecule has 2 aromatic carbocycles. The summed E-state index contributed by atoms with van der Waals surface area (Å²) in [4.78, 5) is 16.7. The third-order valence-electron chi connectivity index (χ3n) is 4.85. The van der Waals surface area contributed by atoms with E-state index < -0.39 is 0 Å². The number of hydrogen-bond acceptors (Lipinski definition) is 3. The summed E-state index contributed by atoms with van der Waals surface area (Å²) in [6.07, 6.45) is 6.25. The van der Waals surface area contributed by atoms with Gasteiger partial charge in [0.25, 0.3) is 0 Å². The van der Waals surface area contributed by atoms with Gasteiger partial charge in [0.1, 0.15) is 6.26 Å². The molecule has 1 N–H and O–H groups in total. The van der Waals surface area contributed by atoms with Gasteiger partial charge < -0.3 is 9.73 Å². The average molecular weight is 332 g/mol. The number of nitrogens with zero attached hydrogens (tertiary/aromatic N) is 1. The van der Waals surface area contributed by atoms with Crippen LogP contribution in [0.15, 0.2) is 59.3 Å². The lowest BCUT2D eigenvalue weighted by Crippen LogP contribution is -2.28. The summed E-state index contributed by atoms with van der Waals surface area (Å²) in [5.41, 5.74) is 4.91. The Labute approximate surface area is 146 Å². The number of hydrogen-bond donors (Lipinski definition) is 1. The van der Waals surface area contributed by atoms with Gasteiger partial charge in [-0.1, -0.05) is 36.8 Å². The molecule has 25 heavy (non-hydrogen) atoms. The van der Waals surface area contributed by atoms with Gasteiger partial charge in [-0.2, -0.15) is 0 Å². The number of benzene rings is 2. The molecule has 1 aliphatic carbocycles. The molecule has 126 valence electrons. The van der Waals surface area contributed by atoms with Crippen LogP contribution in [-0.4, -0.2) is 10.9 Å². The van der Waals surface area contributed by atoms with Crippen molar-refractivity contribution in [3.63, 3.8) is 0 Å². The molecule has 4 heteroatoms. The van der Waals surface area contributed by atoms with Gasteiger partial charge in [-0.05, 0) is 48.6 Å². The fraction of sp³-hybridized carbons (Fsp3) is 0.238. The molecule has 0 atom stereocenters. The second-order valence-electron chi connectivity index (χ2n) is 6.53. The van der Waals surface area contributed by atoms with E-state index in [2.05, 4.69) is 29.4 Å². The van der Waals surface area contributed by atoms with E-state index in [1.54, 1.807) is 12.5 Å². The van der Waals surface area contributed by atoms with Gasteiger partial charge in [-0.15, -0.1) is 0 Å². The highest BCUT2D eigenvalue weighted by Gasteiger charge is 2.26. The lowest BCUT2D eigenvalue weighted by molar-refractivity contribution is -0.122. The van der Waals surface area contributed by atoms with E-state index in [0.29, 0.717) is 5.89 Å². The molecule has 1 heterocycles. The number of nitrogens with one attached hydrogen (secondary N) is 1. The number of oxazole rings is 1. The van der Waals surface area contributed by atoms with Crippen molar-refractivity contribution < 1.29 is 9.21 Å². The van der Waals surface area contributed by atoms with Crippen molar-refractivity contribution >= 4 is 11.6 Å². The average Bonchev–Trinajstić information content (AvgIpc) is 3.08. The Bertz CT molecular complexity index is 882. The third-order valence-corrected chi connectivity index (χ3v) is 4.85. The smallest absolute Gasteiger partial charge is 0.227 e. The number of aromatic nitrogens is 1. The largest absolute Gasteiger partial charge is 0.444 e. The summed E-state index contributed by atoms with van der Waals surface area (Å²) in [6.45, 7) is 2.06. The molecule has 3 aromatic rings. The van der Waals surface area contributed by atoms with Crippen LogP contribution in [0.4, 0.5) is 5.69 Å². The zero-order chi connectivity index (χ0) is 17.2. The van der Waals surface area contributed by atoms with Crippen molar-refractivity contribution in [2.24, 2.45) is 5.92 Å². The molecule has 1 aromatic heterocycles. The van der Waals surface area contributed by atoms with Crippen LogP contribution in [0, 0.1) is 12.8 Å². The fourth-order valence-electron chi connectivity index (χ4n) is 3.18. The zero-order valence-corrected chi connectivity index (χ0v) is 14.2. The van der Waals surface area contributed by atoms with Gasteiger partial charge in [0.15, 0.2) is 0 Å². The van der Waals surface area contributed by atoms with E-state index >= 15 is 0 Å². The van der Waals surface area contributed by atoms with Crippen molar-refractivity contribution in [1.82, 2.24) is 4.98 Å². The minimum Gasteiger partial charge on any atom is -0.444 e. The first-order valence-electron chi connectivity index (χ1n) is 8.63. The second-order valence-corrected chi connectivity index (χ2v) is 6.53. The Morgan fingerprint density at radius 2 is 1.96 bits per heavy atom. The van der Waals surface area contributed by atoms with Crippen LogP contribution < -0.4 is 5.32 Å². The van der Waals surface area contributed by atoms with Crippen molar-refractivity contribution in [3.05, 3.63) is 60.5 Å². The van der Waals surface area contributed by atoms with E-state index in [1.165, 1.54) is 0 Å². The van der Waals surface area contributed by atoms with E-state index in [-0.39, 0.29) is 11.8 Å². The van der Waals surface area contributed by atoms with Crippen LogP contribution in [0.2, 0.25) is 0 Å². The minimum absolute atomic E-state index is 0.0888. The molecule has 0 bridgehead atoms. The summed E-state index contributed by atoms with van der Waals surface area (Å²) in [5.74, 6) is 0.735. The summed E-state index contributed by atoms with van der Waals surface area (Å²) in [6, 6.07) is 14.3. The second kappa shape index (κ2) is 6.55. The molecular formula is C21H20N2O2. The summed E-state index contributed by atoms with van der Waals surface area (Å²) >= 11 is 0. The van der Waals surface area contributed by atoms with E-state index in [0.717, 1.165) is 47.2 Å². The zero-order valence-electron chi connectivity index (χ0n) is 14.2. The van der Waals surface area contributed by atoms with Gasteiger partial charge in [0.05, 0.1) is 17.4 Å². The molecular weight excluding hydrogens is 312 g/mol. The van der Waals surface area contributed by atoms with Gasteiger partial charge >= 0.3 is 0 Å². The van der Waals surface area contributed by atoms with Gasteiger partial charge in [0.2, 0.25) is 11.8 Å². The lowest BCUT2D eigenvalue weighted by atomic mass is 9.84. The Hall–Kier alpha value is -2.88. The lowest BCUT2D eigenvalue weighted by Gasteiger charge is -2.25. The van der Waals surface area contributed by atoms with E-state index in [9.17, 15) is 4.79 Å². The van der Waals surface area contributed by atoms with Crippen LogP contribution in [0.1, 0.15) is 24.8 Å². The third kappa shape index (κ3) is 3.07. The highest BCUT2D eigenvalue weighted by atomic mass is 16.3. The molecule has 1 saturated carbocycles. The standard InChI is InChI=1S/C21H20N2O2/c1-14-12-19(23-20(24)16-8-5-9-16)18(21-22-10-11-25-21)13-17(14)15-6-3-2-4-7-15/h2-4,6-7,10-13,16H,5,8-9H2,1H3,(H,23,24). The first-order valence-corrected chi connectivity index (χ1v) is 8.63. The maximum atomic E-state index is 12.4. The van der Waals surface area contributed by atoms with Crippen LogP contribution >= 0.6 is 0 Å². The number of carbonyl (C=O) groups is 1. The quantitative estimate of drug-likeness (QED) is 0.727. The summed E-state index contributed by atoms with van der Waals surface area (Å²) in [7, 11) is 0. The van der Waals surface area contributed by atoms with Crippen LogP contribution in [0.25, 0.3) is 22.6 Å². The van der Waals surface area contributed by atoms with E-state index in [1.807, 2.05) is 30.3 Å². The molecule has 0 radical (unpaired) electrons. The van der Waals surface area contributed by atoms with Crippen LogP contribution in [0.5, 0.6) is 0 Å². The predicted octanol–water partition coefficient (Wildman–Crippen LogP) is 5.06. The fourth-order valence-corrected chi connectivity index (χ4v) is 3.18. The van der Waals surface area contributed by atoms with Crippen LogP contribution in [-0.2, 0) is 4.79 Å². The Balaban J connectivity index is 1.77. The molecule has 0 spiro atoms. The topological polar surface area (TPSA) is 55.1 Å². The molecule has 0 unspecified atom stereocenters. The molecule has 4 nitrogen and oxygen atoms in total. The first-order chi connectivity index (χ1) is 12.2. The SMILES string of the molecule is Cc1cc(NC(=O)C2CCC2)c(-c2ncco2)cc1-c1ccccc1. The van der Waals surface area contributed by atoms with Crippen molar-refractivity contribution in [2.45, 2.75) is 26.2 Å². The molecule has 1 amide bonds.